The molecule has 0 unspecified atom stereocenters. The highest BCUT2D eigenvalue weighted by atomic mass is 32.2. The fraction of sp³-hybridized carbons (Fsp3) is 0.595. The number of carboxylic acid groups (broad SMARTS) is 1. The maximum absolute atomic E-state index is 14.5. The van der Waals surface area contributed by atoms with E-state index in [-0.39, 0.29) is 25.8 Å². The zero-order chi connectivity index (χ0) is 36.3. The number of rotatable bonds is 5. The fourth-order valence-electron chi connectivity index (χ4n) is 8.11. The molecular formula is C37H47N5O8S. The number of carbonyl (C=O) groups is 4. The van der Waals surface area contributed by atoms with Gasteiger partial charge in [-0.2, -0.15) is 0 Å². The number of nitrogens with one attached hydrogen (secondary N) is 3. The predicted octanol–water partition coefficient (Wildman–Crippen LogP) is 3.80. The van der Waals surface area contributed by atoms with Crippen LogP contribution in [0.4, 0.5) is 4.79 Å². The minimum absolute atomic E-state index is 0.0307. The van der Waals surface area contributed by atoms with Crippen LogP contribution in [0, 0.1) is 12.8 Å². The standard InChI is InChI=1S/C37H47N5O8S/c1-4-23-12-13-27-26(18-23)25-14-15-36(50-30(25)22(2)38-27)20-29-31(43)40-37(33(45)41-51(48,49)35(3)16-17-35)19-24(37)10-8-6-5-7-9-11-28(39-34(46)47)32(44)42(29)21-36/h8,10,12-13,18,24,28-29,39H,4-7,9,11,14-17,19-21H2,1-3H3,(H,40,43)(H,41,45)(H,46,47)/t24-,28+,29+,36-,37-/m1/s1. The Balaban J connectivity index is 1.23. The Hall–Kier alpha value is -4.20. The predicted molar refractivity (Wildman–Crippen MR) is 189 cm³/mol. The molecule has 13 nitrogen and oxygen atoms in total. The molecule has 1 saturated heterocycles. The third kappa shape index (κ3) is 6.44. The summed E-state index contributed by atoms with van der Waals surface area (Å²) in [5.74, 6) is -1.74. The van der Waals surface area contributed by atoms with Gasteiger partial charge >= 0.3 is 6.09 Å². The smallest absolute Gasteiger partial charge is 0.405 e. The minimum atomic E-state index is -3.98. The van der Waals surface area contributed by atoms with E-state index in [9.17, 15) is 32.7 Å². The summed E-state index contributed by atoms with van der Waals surface area (Å²) in [6, 6.07) is 4.03. The van der Waals surface area contributed by atoms with Gasteiger partial charge in [-0.1, -0.05) is 38.0 Å². The third-order valence-electron chi connectivity index (χ3n) is 11.7. The summed E-state index contributed by atoms with van der Waals surface area (Å²) in [6.07, 6.45) is 8.70. The van der Waals surface area contributed by atoms with Gasteiger partial charge in [0, 0.05) is 23.3 Å². The Morgan fingerprint density at radius 1 is 1.14 bits per heavy atom. The summed E-state index contributed by atoms with van der Waals surface area (Å²) in [7, 11) is -3.98. The molecule has 1 aromatic carbocycles. The van der Waals surface area contributed by atoms with Gasteiger partial charge in [0.1, 0.15) is 29.0 Å². The lowest BCUT2D eigenvalue weighted by atomic mass is 9.87. The molecule has 3 fully saturated rings. The van der Waals surface area contributed by atoms with Crippen LogP contribution in [-0.4, -0.2) is 81.7 Å². The minimum Gasteiger partial charge on any atom is -0.483 e. The Labute approximate surface area is 298 Å². The molecule has 5 atom stereocenters. The topological polar surface area (TPSA) is 184 Å². The van der Waals surface area contributed by atoms with Crippen molar-refractivity contribution in [3.8, 4) is 5.75 Å². The van der Waals surface area contributed by atoms with Crippen LogP contribution in [0.2, 0.25) is 0 Å². The summed E-state index contributed by atoms with van der Waals surface area (Å²) in [5, 5.41) is 16.0. The molecule has 51 heavy (non-hydrogen) atoms. The van der Waals surface area contributed by atoms with Crippen molar-refractivity contribution in [3.63, 3.8) is 0 Å². The highest BCUT2D eigenvalue weighted by Gasteiger charge is 2.64. The van der Waals surface area contributed by atoms with E-state index in [4.69, 9.17) is 9.72 Å². The molecular weight excluding hydrogens is 675 g/mol. The van der Waals surface area contributed by atoms with Gasteiger partial charge < -0.3 is 25.4 Å². The zero-order valence-corrected chi connectivity index (χ0v) is 30.2. The first kappa shape index (κ1) is 35.2. The summed E-state index contributed by atoms with van der Waals surface area (Å²) >= 11 is 0. The second-order valence-corrected chi connectivity index (χ2v) is 17.6. The Kier molecular flexibility index (Phi) is 8.83. The molecule has 274 valence electrons. The number of hydrogen-bond donors (Lipinski definition) is 4. The van der Waals surface area contributed by atoms with Gasteiger partial charge in [-0.3, -0.25) is 19.1 Å². The average Bonchev–Trinajstić information content (AvgIpc) is 3.98. The number of fused-ring (bicyclic) bond motifs is 5. The zero-order valence-electron chi connectivity index (χ0n) is 29.4. The highest BCUT2D eigenvalue weighted by molar-refractivity contribution is 7.91. The van der Waals surface area contributed by atoms with E-state index in [2.05, 4.69) is 34.4 Å². The fourth-order valence-corrected chi connectivity index (χ4v) is 9.42. The molecule has 3 aliphatic heterocycles. The maximum atomic E-state index is 14.5. The number of ether oxygens (including phenoxy) is 1. The molecule has 2 aromatic rings. The van der Waals surface area contributed by atoms with E-state index in [0.717, 1.165) is 35.7 Å². The van der Waals surface area contributed by atoms with Gasteiger partial charge in [0.05, 0.1) is 22.5 Å². The normalized spacial score (nSPS) is 30.2. The van der Waals surface area contributed by atoms with Gasteiger partial charge in [-0.05, 0) is 89.3 Å². The van der Waals surface area contributed by atoms with E-state index in [1.807, 2.05) is 25.1 Å². The van der Waals surface area contributed by atoms with Crippen LogP contribution in [0.1, 0.15) is 94.9 Å². The van der Waals surface area contributed by atoms with Crippen LogP contribution in [0.3, 0.4) is 0 Å². The summed E-state index contributed by atoms with van der Waals surface area (Å²) in [5.41, 5.74) is 1.28. The van der Waals surface area contributed by atoms with Crippen molar-refractivity contribution < 1.29 is 37.4 Å². The average molecular weight is 722 g/mol. The lowest BCUT2D eigenvalue weighted by molar-refractivity contribution is -0.141. The van der Waals surface area contributed by atoms with Gasteiger partial charge in [0.25, 0.3) is 5.91 Å². The first-order chi connectivity index (χ1) is 24.2. The lowest BCUT2D eigenvalue weighted by Gasteiger charge is -2.36. The number of carbonyl (C=O) groups excluding carboxylic acids is 3. The van der Waals surface area contributed by atoms with E-state index >= 15 is 0 Å². The molecule has 7 rings (SSSR count). The van der Waals surface area contributed by atoms with Crippen LogP contribution in [0.25, 0.3) is 10.9 Å². The molecule has 1 spiro atoms. The molecule has 4 heterocycles. The number of amides is 4. The molecule has 4 N–H and O–H groups in total. The van der Waals surface area contributed by atoms with Crippen LogP contribution >= 0.6 is 0 Å². The summed E-state index contributed by atoms with van der Waals surface area (Å²) in [6.45, 7) is 5.59. The first-order valence-electron chi connectivity index (χ1n) is 18.2. The Bertz CT molecular complexity index is 1940. The monoisotopic (exact) mass is 721 g/mol. The SMILES string of the molecule is CCc1ccc2nc(C)c3c(c2c1)CC[C@]1(C[C@H]2C(=O)N[C@]4(C(=O)NS(=O)(=O)C5(C)CC5)C[C@H]4C=CCCCCC[C@H](NC(=O)O)C(=O)N2C1)O3. The summed E-state index contributed by atoms with van der Waals surface area (Å²) in [4.78, 5) is 60.7. The molecule has 2 saturated carbocycles. The van der Waals surface area contributed by atoms with Crippen molar-refractivity contribution in [3.05, 3.63) is 47.2 Å². The number of pyridine rings is 1. The van der Waals surface area contributed by atoms with E-state index in [0.29, 0.717) is 50.0 Å². The number of allylic oxidation sites excluding steroid dienone is 1. The van der Waals surface area contributed by atoms with Crippen LogP contribution in [0.5, 0.6) is 5.75 Å². The molecule has 4 amide bonds. The van der Waals surface area contributed by atoms with Gasteiger partial charge in [-0.25, -0.2) is 18.2 Å². The van der Waals surface area contributed by atoms with Gasteiger partial charge in [0.15, 0.2) is 0 Å². The number of aryl methyl sites for hydroxylation is 3. The number of benzene rings is 1. The molecule has 0 radical (unpaired) electrons. The first-order valence-corrected chi connectivity index (χ1v) is 19.6. The van der Waals surface area contributed by atoms with Crippen molar-refractivity contribution >= 4 is 44.7 Å². The number of hydrogen-bond acceptors (Lipinski definition) is 8. The quantitative estimate of drug-likeness (QED) is 0.334. The van der Waals surface area contributed by atoms with Crippen LogP contribution in [-0.2, 0) is 37.2 Å². The summed E-state index contributed by atoms with van der Waals surface area (Å²) < 4.78 is 34.3. The maximum Gasteiger partial charge on any atom is 0.405 e. The third-order valence-corrected chi connectivity index (χ3v) is 13.9. The van der Waals surface area contributed by atoms with Gasteiger partial charge in [0.2, 0.25) is 21.8 Å². The number of sulfonamides is 1. The second kappa shape index (κ2) is 12.8. The van der Waals surface area contributed by atoms with Gasteiger partial charge in [-0.15, -0.1) is 0 Å². The largest absolute Gasteiger partial charge is 0.483 e. The number of aromatic nitrogens is 1. The van der Waals surface area contributed by atoms with E-state index in [1.54, 1.807) is 6.92 Å². The molecule has 5 aliphatic rings. The molecule has 2 aliphatic carbocycles. The Morgan fingerprint density at radius 2 is 1.92 bits per heavy atom. The number of nitrogens with zero attached hydrogens (tertiary/aromatic N) is 2. The van der Waals surface area contributed by atoms with Crippen LogP contribution in [0.15, 0.2) is 30.4 Å². The molecule has 1 aromatic heterocycles. The van der Waals surface area contributed by atoms with E-state index < -0.39 is 67.7 Å². The van der Waals surface area contributed by atoms with Crippen molar-refractivity contribution in [2.75, 3.05) is 6.54 Å². The van der Waals surface area contributed by atoms with Crippen molar-refractivity contribution in [2.45, 2.75) is 126 Å². The lowest BCUT2D eigenvalue weighted by Crippen LogP contribution is -2.58. The van der Waals surface area contributed by atoms with Crippen molar-refractivity contribution in [1.82, 2.24) is 25.2 Å². The Morgan fingerprint density at radius 3 is 2.65 bits per heavy atom. The highest BCUT2D eigenvalue weighted by Crippen LogP contribution is 2.49. The van der Waals surface area contributed by atoms with Crippen LogP contribution < -0.4 is 20.1 Å². The van der Waals surface area contributed by atoms with Crippen molar-refractivity contribution in [2.24, 2.45) is 5.92 Å². The van der Waals surface area contributed by atoms with E-state index in [1.165, 1.54) is 10.5 Å². The second-order valence-electron chi connectivity index (χ2n) is 15.4. The van der Waals surface area contributed by atoms with Crippen molar-refractivity contribution in [1.29, 1.82) is 0 Å². The molecule has 0 bridgehead atoms. The molecule has 14 heteroatoms.